The number of nitrogens with one attached hydrogen (secondary N) is 1. The molecule has 40 heavy (non-hydrogen) atoms. The minimum Gasteiger partial charge on any atom is -0.497 e. The Labute approximate surface area is 235 Å². The molecule has 7 nitrogen and oxygen atoms in total. The first-order chi connectivity index (χ1) is 19.0. The van der Waals surface area contributed by atoms with Crippen molar-refractivity contribution in [1.29, 1.82) is 0 Å². The van der Waals surface area contributed by atoms with Crippen molar-refractivity contribution in [2.45, 2.75) is 59.3 Å². The Morgan fingerprint density at radius 2 is 1.57 bits per heavy atom. The molecule has 0 radical (unpaired) electrons. The molecule has 0 spiro atoms. The van der Waals surface area contributed by atoms with Gasteiger partial charge in [-0.1, -0.05) is 12.1 Å². The number of rotatable bonds is 9. The maximum atomic E-state index is 12.8. The highest BCUT2D eigenvalue weighted by molar-refractivity contribution is 5.96. The Bertz CT molecular complexity index is 1390. The van der Waals surface area contributed by atoms with E-state index < -0.39 is 11.4 Å². The molecule has 3 aromatic carbocycles. The summed E-state index contributed by atoms with van der Waals surface area (Å²) in [6, 6.07) is 18.6. The summed E-state index contributed by atoms with van der Waals surface area (Å²) in [6.07, 6.45) is 3.02. The van der Waals surface area contributed by atoms with Gasteiger partial charge >= 0.3 is 11.9 Å². The van der Waals surface area contributed by atoms with Crippen LogP contribution >= 0.6 is 0 Å². The van der Waals surface area contributed by atoms with Crippen molar-refractivity contribution >= 4 is 23.4 Å². The molecular formula is C33H37NO6. The molecule has 0 bridgehead atoms. The van der Waals surface area contributed by atoms with Crippen LogP contribution in [0.5, 0.6) is 17.2 Å². The quantitative estimate of drug-likeness (QED) is 0.186. The minimum absolute atomic E-state index is 0.000815. The SMILES string of the molecule is COc1ccc(C2CCc3cc(OC(=O)C(C)(C)C)ccc3C2)c(NCCC(=O)c2ccc(OC(C)=O)cc2)c1. The first-order valence-electron chi connectivity index (χ1n) is 13.6. The lowest BCUT2D eigenvalue weighted by atomic mass is 9.79. The molecule has 0 saturated heterocycles. The fourth-order valence-corrected chi connectivity index (χ4v) is 4.82. The van der Waals surface area contributed by atoms with E-state index in [1.165, 1.54) is 23.6 Å². The second-order valence-corrected chi connectivity index (χ2v) is 11.2. The average Bonchev–Trinajstić information content (AvgIpc) is 2.92. The first-order valence-corrected chi connectivity index (χ1v) is 13.6. The Hall–Kier alpha value is -4.13. The molecule has 0 fully saturated rings. The van der Waals surface area contributed by atoms with Gasteiger partial charge in [-0.25, -0.2) is 0 Å². The molecule has 1 unspecified atom stereocenters. The summed E-state index contributed by atoms with van der Waals surface area (Å²) in [7, 11) is 1.64. The fourth-order valence-electron chi connectivity index (χ4n) is 4.82. The number of aryl methyl sites for hydroxylation is 1. The predicted molar refractivity (Wildman–Crippen MR) is 154 cm³/mol. The standard InChI is InChI=1S/C33H37NO6/c1-21(35)39-26-11-8-22(9-12-26)31(36)16-17-34-30-20-27(38-5)14-15-29(30)25-7-6-24-19-28(13-10-23(24)18-25)40-32(37)33(2,3)4/h8-15,19-20,25,34H,6-7,16-18H2,1-5H3. The van der Waals surface area contributed by atoms with Gasteiger partial charge in [0.2, 0.25) is 0 Å². The van der Waals surface area contributed by atoms with Gasteiger partial charge in [-0.05, 0) is 105 Å². The molecule has 4 rings (SSSR count). The van der Waals surface area contributed by atoms with Crippen LogP contribution in [0.15, 0.2) is 60.7 Å². The van der Waals surface area contributed by atoms with E-state index in [9.17, 15) is 14.4 Å². The molecule has 0 aromatic heterocycles. The normalized spacial score (nSPS) is 14.6. The number of Topliss-reactive ketones (excluding diaryl/α,β-unsaturated/α-hetero) is 1. The largest absolute Gasteiger partial charge is 0.497 e. The Kier molecular flexibility index (Phi) is 8.93. The molecule has 0 heterocycles. The molecular weight excluding hydrogens is 506 g/mol. The van der Waals surface area contributed by atoms with Crippen LogP contribution < -0.4 is 19.5 Å². The summed E-state index contributed by atoms with van der Waals surface area (Å²) in [5, 5.41) is 3.46. The number of benzene rings is 3. The van der Waals surface area contributed by atoms with Gasteiger partial charge < -0.3 is 19.5 Å². The number of hydrogen-bond donors (Lipinski definition) is 1. The van der Waals surface area contributed by atoms with E-state index in [1.54, 1.807) is 31.4 Å². The maximum absolute atomic E-state index is 12.8. The Morgan fingerprint density at radius 1 is 0.875 bits per heavy atom. The number of carbonyl (C=O) groups is 3. The van der Waals surface area contributed by atoms with Crippen LogP contribution in [0.3, 0.4) is 0 Å². The average molecular weight is 544 g/mol. The number of ketones is 1. The smallest absolute Gasteiger partial charge is 0.316 e. The van der Waals surface area contributed by atoms with Crippen LogP contribution in [0.25, 0.3) is 0 Å². The van der Waals surface area contributed by atoms with Gasteiger partial charge in [-0.2, -0.15) is 0 Å². The number of fused-ring (bicyclic) bond motifs is 1. The second kappa shape index (κ2) is 12.4. The van der Waals surface area contributed by atoms with Crippen molar-refractivity contribution in [3.8, 4) is 17.2 Å². The number of ether oxygens (including phenoxy) is 3. The third-order valence-corrected chi connectivity index (χ3v) is 7.03. The first kappa shape index (κ1) is 28.9. The van der Waals surface area contributed by atoms with Crippen LogP contribution in [-0.4, -0.2) is 31.4 Å². The zero-order valence-corrected chi connectivity index (χ0v) is 23.8. The molecule has 0 amide bonds. The second-order valence-electron chi connectivity index (χ2n) is 11.2. The summed E-state index contributed by atoms with van der Waals surface area (Å²) in [6.45, 7) is 7.35. The van der Waals surface area contributed by atoms with Crippen LogP contribution in [0.4, 0.5) is 5.69 Å². The summed E-state index contributed by atoms with van der Waals surface area (Å²) in [4.78, 5) is 36.2. The topological polar surface area (TPSA) is 90.9 Å². The number of esters is 2. The number of methoxy groups -OCH3 is 1. The summed E-state index contributed by atoms with van der Waals surface area (Å²) < 4.78 is 16.1. The molecule has 0 saturated carbocycles. The third-order valence-electron chi connectivity index (χ3n) is 7.03. The van der Waals surface area contributed by atoms with Crippen LogP contribution in [0, 0.1) is 5.41 Å². The van der Waals surface area contributed by atoms with Crippen molar-refractivity contribution in [3.63, 3.8) is 0 Å². The highest BCUT2D eigenvalue weighted by Gasteiger charge is 2.26. The van der Waals surface area contributed by atoms with Gasteiger partial charge in [0.25, 0.3) is 0 Å². The van der Waals surface area contributed by atoms with Crippen molar-refractivity contribution in [2.24, 2.45) is 5.41 Å². The van der Waals surface area contributed by atoms with Gasteiger partial charge in [-0.3, -0.25) is 14.4 Å². The monoisotopic (exact) mass is 543 g/mol. The highest BCUT2D eigenvalue weighted by atomic mass is 16.5. The van der Waals surface area contributed by atoms with Crippen LogP contribution in [-0.2, 0) is 22.4 Å². The lowest BCUT2D eigenvalue weighted by Crippen LogP contribution is -2.25. The van der Waals surface area contributed by atoms with E-state index in [4.69, 9.17) is 14.2 Å². The van der Waals surface area contributed by atoms with Crippen molar-refractivity contribution in [2.75, 3.05) is 19.0 Å². The molecule has 1 aliphatic carbocycles. The molecule has 210 valence electrons. The van der Waals surface area contributed by atoms with Gasteiger partial charge in [0.1, 0.15) is 17.2 Å². The van der Waals surface area contributed by atoms with E-state index in [1.807, 2.05) is 45.0 Å². The fraction of sp³-hybridized carbons (Fsp3) is 0.364. The van der Waals surface area contributed by atoms with E-state index in [0.29, 0.717) is 35.9 Å². The zero-order chi connectivity index (χ0) is 28.9. The summed E-state index contributed by atoms with van der Waals surface area (Å²) in [5.74, 6) is 1.42. The highest BCUT2D eigenvalue weighted by Crippen LogP contribution is 2.38. The molecule has 3 aromatic rings. The Morgan fingerprint density at radius 3 is 2.25 bits per heavy atom. The molecule has 1 N–H and O–H groups in total. The van der Waals surface area contributed by atoms with E-state index in [0.717, 1.165) is 30.7 Å². The lowest BCUT2D eigenvalue weighted by molar-refractivity contribution is -0.143. The van der Waals surface area contributed by atoms with Crippen molar-refractivity contribution < 1.29 is 28.6 Å². The van der Waals surface area contributed by atoms with Crippen LogP contribution in [0.1, 0.15) is 73.5 Å². The number of anilines is 1. The van der Waals surface area contributed by atoms with Crippen LogP contribution in [0.2, 0.25) is 0 Å². The third kappa shape index (κ3) is 7.29. The predicted octanol–water partition coefficient (Wildman–Crippen LogP) is 6.53. The molecule has 1 aliphatic rings. The summed E-state index contributed by atoms with van der Waals surface area (Å²) in [5.41, 5.74) is 4.62. The molecule has 0 aliphatic heterocycles. The van der Waals surface area contributed by atoms with Crippen molar-refractivity contribution in [1.82, 2.24) is 0 Å². The molecule has 1 atom stereocenters. The Balaban J connectivity index is 1.42. The minimum atomic E-state index is -0.556. The lowest BCUT2D eigenvalue weighted by Gasteiger charge is -2.28. The number of hydrogen-bond acceptors (Lipinski definition) is 7. The van der Waals surface area contributed by atoms with E-state index >= 15 is 0 Å². The maximum Gasteiger partial charge on any atom is 0.316 e. The van der Waals surface area contributed by atoms with Crippen molar-refractivity contribution in [3.05, 3.63) is 82.9 Å². The number of carbonyl (C=O) groups excluding carboxylic acids is 3. The van der Waals surface area contributed by atoms with E-state index in [-0.39, 0.29) is 11.8 Å². The van der Waals surface area contributed by atoms with Gasteiger partial charge in [-0.15, -0.1) is 0 Å². The van der Waals surface area contributed by atoms with Gasteiger partial charge in [0.15, 0.2) is 5.78 Å². The zero-order valence-electron chi connectivity index (χ0n) is 23.8. The van der Waals surface area contributed by atoms with Gasteiger partial charge in [0.05, 0.1) is 12.5 Å². The van der Waals surface area contributed by atoms with Gasteiger partial charge in [0, 0.05) is 37.2 Å². The molecule has 7 heteroatoms. The van der Waals surface area contributed by atoms with E-state index in [2.05, 4.69) is 17.4 Å². The summed E-state index contributed by atoms with van der Waals surface area (Å²) >= 11 is 0.